The molecule has 0 radical (unpaired) electrons. The zero-order chi connectivity index (χ0) is 17.5. The molecule has 3 nitrogen and oxygen atoms in total. The number of thiazole rings is 1. The van der Waals surface area contributed by atoms with E-state index >= 15 is 0 Å². The highest BCUT2D eigenvalue weighted by Gasteiger charge is 2.30. The lowest BCUT2D eigenvalue weighted by Gasteiger charge is -2.08. The number of nitrogens with one attached hydrogen (secondary N) is 1. The van der Waals surface area contributed by atoms with Crippen molar-refractivity contribution >= 4 is 32.6 Å². The van der Waals surface area contributed by atoms with Crippen LogP contribution in [0.5, 0.6) is 0 Å². The standard InChI is InChI=1S/C17H13F3N2OS/c1-9-6-7-13-14(10(9)2)21-16(24-13)22-15(23)11-4-3-5-12(8-11)17(18,19)20/h3-8H,1-2H3,(H,21,22,23). The topological polar surface area (TPSA) is 42.0 Å². The minimum Gasteiger partial charge on any atom is -0.298 e. The minimum absolute atomic E-state index is 0.0583. The van der Waals surface area contributed by atoms with Crippen LogP contribution in [-0.4, -0.2) is 10.9 Å². The molecule has 0 unspecified atom stereocenters. The third-order valence-corrected chi connectivity index (χ3v) is 4.69. The van der Waals surface area contributed by atoms with E-state index in [4.69, 9.17) is 0 Å². The first-order chi connectivity index (χ1) is 11.3. The number of alkyl halides is 3. The fourth-order valence-electron chi connectivity index (χ4n) is 2.29. The second-order valence-electron chi connectivity index (χ2n) is 5.41. The first kappa shape index (κ1) is 16.4. The Morgan fingerprint density at radius 1 is 1.17 bits per heavy atom. The van der Waals surface area contributed by atoms with Crippen molar-refractivity contribution in [3.8, 4) is 0 Å². The van der Waals surface area contributed by atoms with Crippen LogP contribution in [0.1, 0.15) is 27.0 Å². The second-order valence-corrected chi connectivity index (χ2v) is 6.44. The molecule has 124 valence electrons. The van der Waals surface area contributed by atoms with E-state index in [2.05, 4.69) is 10.3 Å². The number of fused-ring (bicyclic) bond motifs is 1. The number of rotatable bonds is 2. The van der Waals surface area contributed by atoms with Crippen LogP contribution in [-0.2, 0) is 6.18 Å². The molecule has 7 heteroatoms. The molecule has 3 rings (SSSR count). The summed E-state index contributed by atoms with van der Waals surface area (Å²) in [5, 5.41) is 2.94. The Balaban J connectivity index is 1.89. The Morgan fingerprint density at radius 2 is 1.92 bits per heavy atom. The third kappa shape index (κ3) is 3.12. The van der Waals surface area contributed by atoms with Gasteiger partial charge in [-0.05, 0) is 49.2 Å². The van der Waals surface area contributed by atoms with Gasteiger partial charge in [-0.2, -0.15) is 13.2 Å². The SMILES string of the molecule is Cc1ccc2sc(NC(=O)c3cccc(C(F)(F)F)c3)nc2c1C. The first-order valence-electron chi connectivity index (χ1n) is 7.11. The molecule has 0 atom stereocenters. The van der Waals surface area contributed by atoms with Crippen LogP contribution in [0.3, 0.4) is 0 Å². The molecule has 1 aromatic heterocycles. The summed E-state index contributed by atoms with van der Waals surface area (Å²) in [4.78, 5) is 16.6. The Hall–Kier alpha value is -2.41. The van der Waals surface area contributed by atoms with E-state index in [9.17, 15) is 18.0 Å². The van der Waals surface area contributed by atoms with E-state index in [1.807, 2.05) is 26.0 Å². The average Bonchev–Trinajstić information content (AvgIpc) is 2.94. The smallest absolute Gasteiger partial charge is 0.298 e. The van der Waals surface area contributed by atoms with Gasteiger partial charge in [0.05, 0.1) is 15.8 Å². The zero-order valence-electron chi connectivity index (χ0n) is 12.9. The molecular formula is C17H13F3N2OS. The van der Waals surface area contributed by atoms with Gasteiger partial charge in [0.1, 0.15) is 0 Å². The number of halogens is 3. The van der Waals surface area contributed by atoms with Crippen molar-refractivity contribution in [2.75, 3.05) is 5.32 Å². The van der Waals surface area contributed by atoms with Gasteiger partial charge < -0.3 is 0 Å². The average molecular weight is 350 g/mol. The van der Waals surface area contributed by atoms with Crippen molar-refractivity contribution in [2.45, 2.75) is 20.0 Å². The van der Waals surface area contributed by atoms with Gasteiger partial charge in [-0.25, -0.2) is 4.98 Å². The maximum atomic E-state index is 12.7. The van der Waals surface area contributed by atoms with Crippen LogP contribution in [0.4, 0.5) is 18.3 Å². The molecule has 0 spiro atoms. The van der Waals surface area contributed by atoms with E-state index < -0.39 is 17.6 Å². The quantitative estimate of drug-likeness (QED) is 0.691. The van der Waals surface area contributed by atoms with Crippen LogP contribution in [0, 0.1) is 13.8 Å². The number of aryl methyl sites for hydroxylation is 2. The van der Waals surface area contributed by atoms with Crippen LogP contribution in [0.25, 0.3) is 10.2 Å². The molecule has 1 N–H and O–H groups in total. The highest BCUT2D eigenvalue weighted by Crippen LogP contribution is 2.31. The first-order valence-corrected chi connectivity index (χ1v) is 7.93. The summed E-state index contributed by atoms with van der Waals surface area (Å²) in [5.41, 5.74) is 1.98. The van der Waals surface area contributed by atoms with Crippen LogP contribution < -0.4 is 5.32 Å². The largest absolute Gasteiger partial charge is 0.416 e. The Morgan fingerprint density at radius 3 is 2.62 bits per heavy atom. The molecule has 2 aromatic carbocycles. The molecule has 3 aromatic rings. The lowest BCUT2D eigenvalue weighted by atomic mass is 10.1. The number of hydrogen-bond donors (Lipinski definition) is 1. The number of benzene rings is 2. The van der Waals surface area contributed by atoms with Gasteiger partial charge in [-0.15, -0.1) is 0 Å². The van der Waals surface area contributed by atoms with E-state index in [1.54, 1.807) is 0 Å². The zero-order valence-corrected chi connectivity index (χ0v) is 13.7. The van der Waals surface area contributed by atoms with Gasteiger partial charge in [0, 0.05) is 5.56 Å². The minimum atomic E-state index is -4.49. The summed E-state index contributed by atoms with van der Waals surface area (Å²) in [6.45, 7) is 3.91. The van der Waals surface area contributed by atoms with Gasteiger partial charge in [-0.3, -0.25) is 10.1 Å². The Bertz CT molecular complexity index is 931. The molecule has 0 saturated heterocycles. The molecule has 0 aliphatic carbocycles. The van der Waals surface area contributed by atoms with Gasteiger partial charge in [0.25, 0.3) is 5.91 Å². The Kier molecular flexibility index (Phi) is 4.04. The highest BCUT2D eigenvalue weighted by atomic mass is 32.1. The maximum Gasteiger partial charge on any atom is 0.416 e. The Labute approximate surface area is 140 Å². The number of hydrogen-bond acceptors (Lipinski definition) is 3. The van der Waals surface area contributed by atoms with E-state index in [-0.39, 0.29) is 5.56 Å². The van der Waals surface area contributed by atoms with Crippen molar-refractivity contribution in [3.05, 3.63) is 58.7 Å². The molecule has 24 heavy (non-hydrogen) atoms. The monoisotopic (exact) mass is 350 g/mol. The molecule has 1 heterocycles. The molecule has 1 amide bonds. The van der Waals surface area contributed by atoms with Crippen molar-refractivity contribution in [2.24, 2.45) is 0 Å². The molecular weight excluding hydrogens is 337 g/mol. The van der Waals surface area contributed by atoms with Gasteiger partial charge >= 0.3 is 6.18 Å². The highest BCUT2D eigenvalue weighted by molar-refractivity contribution is 7.22. The predicted molar refractivity (Wildman–Crippen MR) is 88.5 cm³/mol. The molecule has 0 bridgehead atoms. The lowest BCUT2D eigenvalue weighted by Crippen LogP contribution is -2.13. The summed E-state index contributed by atoms with van der Waals surface area (Å²) >= 11 is 1.29. The summed E-state index contributed by atoms with van der Waals surface area (Å²) in [6.07, 6.45) is -4.49. The normalized spacial score (nSPS) is 11.7. The second kappa shape index (κ2) is 5.90. The summed E-state index contributed by atoms with van der Waals surface area (Å²) in [5.74, 6) is -0.616. The van der Waals surface area contributed by atoms with E-state index in [0.717, 1.165) is 33.5 Å². The van der Waals surface area contributed by atoms with Crippen molar-refractivity contribution < 1.29 is 18.0 Å². The van der Waals surface area contributed by atoms with Crippen LogP contribution >= 0.6 is 11.3 Å². The van der Waals surface area contributed by atoms with Gasteiger partial charge in [0.2, 0.25) is 0 Å². The van der Waals surface area contributed by atoms with E-state index in [0.29, 0.717) is 5.13 Å². The summed E-state index contributed by atoms with van der Waals surface area (Å²) in [7, 11) is 0. The van der Waals surface area contributed by atoms with Crippen LogP contribution in [0.15, 0.2) is 36.4 Å². The molecule has 0 fully saturated rings. The fourth-order valence-corrected chi connectivity index (χ4v) is 3.21. The van der Waals surface area contributed by atoms with Crippen molar-refractivity contribution in [3.63, 3.8) is 0 Å². The molecule has 0 saturated carbocycles. The lowest BCUT2D eigenvalue weighted by molar-refractivity contribution is -0.137. The van der Waals surface area contributed by atoms with Crippen molar-refractivity contribution in [1.29, 1.82) is 0 Å². The van der Waals surface area contributed by atoms with Gasteiger partial charge in [0.15, 0.2) is 5.13 Å². The molecule has 0 aliphatic rings. The summed E-state index contributed by atoms with van der Waals surface area (Å²) < 4.78 is 39.1. The number of carbonyl (C=O) groups excluding carboxylic acids is 1. The van der Waals surface area contributed by atoms with Gasteiger partial charge in [-0.1, -0.05) is 23.5 Å². The summed E-state index contributed by atoms with van der Waals surface area (Å²) in [6, 6.07) is 8.19. The maximum absolute atomic E-state index is 12.7. The van der Waals surface area contributed by atoms with Crippen LogP contribution in [0.2, 0.25) is 0 Å². The number of aromatic nitrogens is 1. The van der Waals surface area contributed by atoms with E-state index in [1.165, 1.54) is 23.5 Å². The third-order valence-electron chi connectivity index (χ3n) is 3.76. The number of amides is 1. The van der Waals surface area contributed by atoms with Crippen molar-refractivity contribution in [1.82, 2.24) is 4.98 Å². The number of anilines is 1. The predicted octanol–water partition coefficient (Wildman–Crippen LogP) is 5.18. The molecule has 0 aliphatic heterocycles. The fraction of sp³-hybridized carbons (Fsp3) is 0.176. The number of carbonyl (C=O) groups is 1. The number of nitrogens with zero attached hydrogens (tertiary/aromatic N) is 1.